The van der Waals surface area contributed by atoms with Crippen LogP contribution in [0.3, 0.4) is 0 Å². The molecule has 2 aliphatic rings. The molecule has 2 N–H and O–H groups in total. The second-order valence-electron chi connectivity index (χ2n) is 7.32. The third kappa shape index (κ3) is 3.88. The van der Waals surface area contributed by atoms with Crippen LogP contribution in [0.4, 0.5) is 4.39 Å². The van der Waals surface area contributed by atoms with Gasteiger partial charge < -0.3 is 20.0 Å². The highest BCUT2D eigenvalue weighted by Gasteiger charge is 2.42. The Balaban J connectivity index is 1.60. The van der Waals surface area contributed by atoms with Crippen molar-refractivity contribution in [3.63, 3.8) is 0 Å². The predicted molar refractivity (Wildman–Crippen MR) is 92.5 cm³/mol. The minimum Gasteiger partial charge on any atom is -0.395 e. The highest BCUT2D eigenvalue weighted by Crippen LogP contribution is 2.40. The molecule has 0 radical (unpaired) electrons. The largest absolute Gasteiger partial charge is 0.395 e. The summed E-state index contributed by atoms with van der Waals surface area (Å²) in [6, 6.07) is 5.29. The maximum absolute atomic E-state index is 13.0. The first kappa shape index (κ1) is 18.8. The summed E-state index contributed by atoms with van der Waals surface area (Å²) in [5, 5.41) is 19.4. The van der Waals surface area contributed by atoms with Gasteiger partial charge >= 0.3 is 0 Å². The Bertz CT molecular complexity index is 656. The fraction of sp³-hybridized carbons (Fsp3) is 0.579. The summed E-state index contributed by atoms with van der Waals surface area (Å²) in [7, 11) is 0. The van der Waals surface area contributed by atoms with Gasteiger partial charge in [0, 0.05) is 32.6 Å². The highest BCUT2D eigenvalue weighted by molar-refractivity contribution is 5.82. The first-order valence-corrected chi connectivity index (χ1v) is 9.05. The molecule has 2 aliphatic heterocycles. The van der Waals surface area contributed by atoms with E-state index in [1.165, 1.54) is 24.3 Å². The van der Waals surface area contributed by atoms with Gasteiger partial charge in [-0.15, -0.1) is 0 Å². The van der Waals surface area contributed by atoms with Gasteiger partial charge in [0.05, 0.1) is 6.61 Å². The van der Waals surface area contributed by atoms with Crippen molar-refractivity contribution in [1.29, 1.82) is 0 Å². The van der Waals surface area contributed by atoms with Gasteiger partial charge in [-0.1, -0.05) is 12.1 Å². The molecule has 1 aromatic rings. The van der Waals surface area contributed by atoms with Gasteiger partial charge in [-0.2, -0.15) is 0 Å². The zero-order valence-electron chi connectivity index (χ0n) is 14.7. The van der Waals surface area contributed by atoms with E-state index in [1.54, 1.807) is 9.80 Å². The van der Waals surface area contributed by atoms with Crippen molar-refractivity contribution in [3.05, 3.63) is 35.6 Å². The van der Waals surface area contributed by atoms with Crippen molar-refractivity contribution in [3.8, 4) is 0 Å². The number of amides is 2. The Hall–Kier alpha value is -1.99. The minimum absolute atomic E-state index is 0.0132. The van der Waals surface area contributed by atoms with Gasteiger partial charge in [0.1, 0.15) is 5.82 Å². The number of rotatable bonds is 4. The first-order chi connectivity index (χ1) is 12.4. The SMILES string of the molecule is O=C1CCC2(CCN(C(=O)C(O)c3ccc(F)cc3)CC2)CN1CCO. The summed E-state index contributed by atoms with van der Waals surface area (Å²) in [5.41, 5.74) is 0.370. The third-order valence-electron chi connectivity index (χ3n) is 5.67. The molecule has 6 nitrogen and oxygen atoms in total. The average Bonchev–Trinajstić information content (AvgIpc) is 2.65. The summed E-state index contributed by atoms with van der Waals surface area (Å²) in [6.45, 7) is 1.98. The van der Waals surface area contributed by atoms with E-state index in [1.807, 2.05) is 0 Å². The normalized spacial score (nSPS) is 21.1. The van der Waals surface area contributed by atoms with Crippen LogP contribution in [-0.2, 0) is 9.59 Å². The Morgan fingerprint density at radius 2 is 1.85 bits per heavy atom. The standard InChI is InChI=1S/C19H25FN2O4/c20-15-3-1-14(2-4-15)17(25)18(26)21-9-7-19(8-10-21)6-5-16(24)22(13-19)11-12-23/h1-4,17,23,25H,5-13H2. The van der Waals surface area contributed by atoms with Crippen LogP contribution in [0, 0.1) is 11.2 Å². The number of carbonyl (C=O) groups excluding carboxylic acids is 2. The van der Waals surface area contributed by atoms with Crippen molar-refractivity contribution >= 4 is 11.8 Å². The lowest BCUT2D eigenvalue weighted by Gasteiger charge is -2.47. The first-order valence-electron chi connectivity index (χ1n) is 9.05. The van der Waals surface area contributed by atoms with Crippen LogP contribution in [0.1, 0.15) is 37.4 Å². The number of likely N-dealkylation sites (tertiary alicyclic amines) is 2. The van der Waals surface area contributed by atoms with Crippen LogP contribution in [0.15, 0.2) is 24.3 Å². The van der Waals surface area contributed by atoms with Gasteiger partial charge in [-0.05, 0) is 42.4 Å². The number of halogens is 1. The van der Waals surface area contributed by atoms with Crippen molar-refractivity contribution < 1.29 is 24.2 Å². The number of piperidine rings is 2. The number of nitrogens with zero attached hydrogens (tertiary/aromatic N) is 2. The van der Waals surface area contributed by atoms with Gasteiger partial charge in [0.15, 0.2) is 6.10 Å². The maximum Gasteiger partial charge on any atom is 0.256 e. The van der Waals surface area contributed by atoms with Crippen LogP contribution in [0.25, 0.3) is 0 Å². The maximum atomic E-state index is 13.0. The molecule has 1 atom stereocenters. The van der Waals surface area contributed by atoms with E-state index in [4.69, 9.17) is 5.11 Å². The van der Waals surface area contributed by atoms with E-state index in [-0.39, 0.29) is 23.8 Å². The molecule has 1 aromatic carbocycles. The summed E-state index contributed by atoms with van der Waals surface area (Å²) in [5.74, 6) is -0.701. The molecule has 0 saturated carbocycles. The molecule has 7 heteroatoms. The average molecular weight is 364 g/mol. The molecule has 2 amide bonds. The Morgan fingerprint density at radius 1 is 1.19 bits per heavy atom. The fourth-order valence-corrected chi connectivity index (χ4v) is 4.00. The van der Waals surface area contributed by atoms with E-state index in [9.17, 15) is 19.1 Å². The number of aliphatic hydroxyl groups is 2. The fourth-order valence-electron chi connectivity index (χ4n) is 4.00. The van der Waals surface area contributed by atoms with Crippen LogP contribution in [0.5, 0.6) is 0 Å². The van der Waals surface area contributed by atoms with Crippen molar-refractivity contribution in [2.75, 3.05) is 32.8 Å². The lowest BCUT2D eigenvalue weighted by Crippen LogP contribution is -2.53. The smallest absolute Gasteiger partial charge is 0.256 e. The number of hydrogen-bond acceptors (Lipinski definition) is 4. The number of benzene rings is 1. The summed E-state index contributed by atoms with van der Waals surface area (Å²) < 4.78 is 13.0. The topological polar surface area (TPSA) is 81.1 Å². The molecule has 142 valence electrons. The summed E-state index contributed by atoms with van der Waals surface area (Å²) >= 11 is 0. The van der Waals surface area contributed by atoms with Gasteiger partial charge in [0.2, 0.25) is 5.91 Å². The van der Waals surface area contributed by atoms with E-state index in [0.29, 0.717) is 38.2 Å². The highest BCUT2D eigenvalue weighted by atomic mass is 19.1. The molecule has 1 unspecified atom stereocenters. The van der Waals surface area contributed by atoms with Crippen molar-refractivity contribution in [2.45, 2.75) is 31.8 Å². The lowest BCUT2D eigenvalue weighted by molar-refractivity contribution is -0.147. The second kappa shape index (κ2) is 7.72. The molecule has 0 aromatic heterocycles. The van der Waals surface area contributed by atoms with Crippen LogP contribution in [-0.4, -0.2) is 64.6 Å². The summed E-state index contributed by atoms with van der Waals surface area (Å²) in [4.78, 5) is 27.9. The van der Waals surface area contributed by atoms with E-state index >= 15 is 0 Å². The predicted octanol–water partition coefficient (Wildman–Crippen LogP) is 1.08. The minimum atomic E-state index is -1.29. The van der Waals surface area contributed by atoms with Gasteiger partial charge in [0.25, 0.3) is 5.91 Å². The van der Waals surface area contributed by atoms with Crippen molar-refractivity contribution in [1.82, 2.24) is 9.80 Å². The van der Waals surface area contributed by atoms with Crippen molar-refractivity contribution in [2.24, 2.45) is 5.41 Å². The Labute approximate surface area is 152 Å². The van der Waals surface area contributed by atoms with Gasteiger partial charge in [-0.3, -0.25) is 9.59 Å². The number of β-amino-alcohol motifs (C(OH)–C–C–N with tert-alkyl or cyclic N) is 1. The Morgan fingerprint density at radius 3 is 2.46 bits per heavy atom. The molecular formula is C19H25FN2O4. The van der Waals surface area contributed by atoms with Crippen LogP contribution in [0.2, 0.25) is 0 Å². The molecule has 2 fully saturated rings. The number of carbonyl (C=O) groups is 2. The number of hydrogen-bond donors (Lipinski definition) is 2. The molecule has 2 heterocycles. The van der Waals surface area contributed by atoms with E-state index in [2.05, 4.69) is 0 Å². The molecule has 1 spiro atoms. The van der Waals surface area contributed by atoms with E-state index < -0.39 is 11.9 Å². The van der Waals surface area contributed by atoms with E-state index in [0.717, 1.165) is 19.3 Å². The second-order valence-corrected chi connectivity index (χ2v) is 7.32. The Kier molecular flexibility index (Phi) is 5.58. The zero-order chi connectivity index (χ0) is 18.7. The quantitative estimate of drug-likeness (QED) is 0.838. The summed E-state index contributed by atoms with van der Waals surface area (Å²) in [6.07, 6.45) is 1.53. The molecule has 26 heavy (non-hydrogen) atoms. The molecule has 0 aliphatic carbocycles. The molecule has 3 rings (SSSR count). The number of aliphatic hydroxyl groups excluding tert-OH is 2. The third-order valence-corrected chi connectivity index (χ3v) is 5.67. The molecule has 2 saturated heterocycles. The molecule has 0 bridgehead atoms. The monoisotopic (exact) mass is 364 g/mol. The zero-order valence-corrected chi connectivity index (χ0v) is 14.7. The lowest BCUT2D eigenvalue weighted by atomic mass is 9.72. The molecular weight excluding hydrogens is 339 g/mol. The van der Waals surface area contributed by atoms with Crippen LogP contribution >= 0.6 is 0 Å². The van der Waals surface area contributed by atoms with Gasteiger partial charge in [-0.25, -0.2) is 4.39 Å². The van der Waals surface area contributed by atoms with Crippen LogP contribution < -0.4 is 0 Å².